The Morgan fingerprint density at radius 3 is 2.07 bits per heavy atom. The summed E-state index contributed by atoms with van der Waals surface area (Å²) in [5, 5.41) is 23.0. The van der Waals surface area contributed by atoms with Crippen LogP contribution in [0.5, 0.6) is 5.75 Å². The molecule has 2 N–H and O–H groups in total. The summed E-state index contributed by atoms with van der Waals surface area (Å²) in [4.78, 5) is 122. The van der Waals surface area contributed by atoms with Crippen LogP contribution >= 0.6 is 0 Å². The van der Waals surface area contributed by atoms with Crippen LogP contribution < -0.4 is 4.74 Å². The van der Waals surface area contributed by atoms with Gasteiger partial charge in [-0.25, -0.2) is 9.59 Å². The minimum Gasteiger partial charge on any atom is -0.462 e. The summed E-state index contributed by atoms with van der Waals surface area (Å²) in [5.41, 5.74) is 1.79. The van der Waals surface area contributed by atoms with Crippen molar-refractivity contribution in [1.29, 1.82) is 0 Å². The highest BCUT2D eigenvalue weighted by atomic mass is 16.7. The molecule has 1 amide bonds. The summed E-state index contributed by atoms with van der Waals surface area (Å²) in [5.74, 6) is -11.9. The van der Waals surface area contributed by atoms with Crippen molar-refractivity contribution in [2.24, 2.45) is 29.6 Å². The number of hydrogen-bond acceptors (Lipinski definition) is 22. The summed E-state index contributed by atoms with van der Waals surface area (Å²) in [7, 11) is 4.49. The predicted molar refractivity (Wildman–Crippen MR) is 306 cm³/mol. The number of ether oxygens (including phenoxy) is 11. The van der Waals surface area contributed by atoms with Crippen LogP contribution in [0.1, 0.15) is 138 Å². The SMILES string of the molecule is C=CC[C@@H]1/C=C(\C)C[C@H](C)C[C@H](OC)[C@H]2O[C@@](O)(C(=O)C(=O)N3CCCC[C@H]3C(=O)O[C@H](/C(C)=C/C3CC[C@@H](O)[C@H](OC)C3)[C@H](C)[C@@H](OC(=O)OCc3ccc(OC(=O)CCC(=O)OC(COC(C)=O)COC(C)=O)cc3)CC1=O)[C@H](C)C[C@@H]2OC. The molecular weight excluding hydrogens is 1120 g/mol. The summed E-state index contributed by atoms with van der Waals surface area (Å²) in [6.45, 7) is 14.0. The monoisotopic (exact) mass is 1210 g/mol. The highest BCUT2D eigenvalue weighted by molar-refractivity contribution is 6.39. The van der Waals surface area contributed by atoms with Crippen molar-refractivity contribution in [2.45, 2.75) is 199 Å². The molecule has 2 bridgehead atoms. The molecule has 1 aliphatic carbocycles. The smallest absolute Gasteiger partial charge is 0.462 e. The lowest BCUT2D eigenvalue weighted by molar-refractivity contribution is -0.302. The number of fused-ring (bicyclic) bond motifs is 3. The van der Waals surface area contributed by atoms with Crippen LogP contribution in [-0.2, 0) is 92.3 Å². The van der Waals surface area contributed by atoms with E-state index in [2.05, 4.69) is 6.58 Å². The number of nitrogens with zero attached hydrogens (tertiary/aromatic N) is 1. The molecular formula is C63H89NO22. The molecule has 3 heterocycles. The lowest BCUT2D eigenvalue weighted by Gasteiger charge is -2.47. The molecule has 0 spiro atoms. The molecule has 1 unspecified atom stereocenters. The van der Waals surface area contributed by atoms with Crippen molar-refractivity contribution < 1.29 is 105 Å². The Morgan fingerprint density at radius 2 is 1.44 bits per heavy atom. The minimum absolute atomic E-state index is 0.0191. The Balaban J connectivity index is 1.45. The average Bonchev–Trinajstić information content (AvgIpc) is 0.963. The number of aliphatic hydroxyl groups excluding tert-OH is 1. The zero-order valence-corrected chi connectivity index (χ0v) is 51.4. The summed E-state index contributed by atoms with van der Waals surface area (Å²) in [6, 6.07) is 4.60. The second kappa shape index (κ2) is 33.7. The zero-order valence-electron chi connectivity index (χ0n) is 51.4. The maximum atomic E-state index is 14.9. The minimum atomic E-state index is -2.61. The molecule has 1 aromatic carbocycles. The van der Waals surface area contributed by atoms with E-state index in [0.29, 0.717) is 56.1 Å². The second-order valence-corrected chi connectivity index (χ2v) is 23.2. The van der Waals surface area contributed by atoms with Gasteiger partial charge in [-0.1, -0.05) is 56.7 Å². The fourth-order valence-corrected chi connectivity index (χ4v) is 11.7. The standard InChI is InChI=1S/C63H89NO22/c1-12-15-45-27-36(2)26-37(3)28-53(77-10)58-54(78-11)30-39(5)63(75,86-58)59(71)60(72)64-25-14-13-16-48(64)61(73)85-57(38(4)29-44-19-22-49(67)52(31-44)76-9)40(6)51(32-50(45)68)84-62(74)81-33-43-17-20-46(21-18-43)82-55(69)23-24-56(70)83-47(34-79-41(7)65)35-80-42(8)66/h12,17-18,20-21,27,29,37,39-40,44-45,47-49,51-54,57-58,67,75H,1,13-16,19,22-26,28,30-35H2,2-11H3/b36-27+,38-29+/t37-,39+,40+,44?,45+,48-,49+,51-,52+,53-,54-,57+,58+,63+/m0/s1. The molecule has 0 aromatic heterocycles. The molecule has 478 valence electrons. The molecule has 2 saturated heterocycles. The normalized spacial score (nSPS) is 30.7. The van der Waals surface area contributed by atoms with Gasteiger partial charge in [0, 0.05) is 65.9 Å². The van der Waals surface area contributed by atoms with Gasteiger partial charge in [0.1, 0.15) is 55.7 Å². The van der Waals surface area contributed by atoms with E-state index in [1.54, 1.807) is 26.8 Å². The number of aliphatic hydroxyl groups is 2. The molecule has 1 aromatic rings. The van der Waals surface area contributed by atoms with Crippen LogP contribution in [0.3, 0.4) is 0 Å². The van der Waals surface area contributed by atoms with Gasteiger partial charge in [-0.05, 0) is 113 Å². The van der Waals surface area contributed by atoms with Crippen LogP contribution in [0.25, 0.3) is 0 Å². The fraction of sp³-hybridized carbons (Fsp3) is 0.667. The Labute approximate surface area is 503 Å². The van der Waals surface area contributed by atoms with Crippen molar-refractivity contribution in [3.8, 4) is 5.75 Å². The van der Waals surface area contributed by atoms with Gasteiger partial charge < -0.3 is 67.2 Å². The van der Waals surface area contributed by atoms with Gasteiger partial charge in [0.2, 0.25) is 5.79 Å². The van der Waals surface area contributed by atoms with Gasteiger partial charge in [-0.3, -0.25) is 33.6 Å². The molecule has 3 fully saturated rings. The maximum Gasteiger partial charge on any atom is 0.508 e. The van der Waals surface area contributed by atoms with E-state index in [-0.39, 0.29) is 75.4 Å². The average molecular weight is 1210 g/mol. The van der Waals surface area contributed by atoms with Gasteiger partial charge in [0.05, 0.1) is 37.3 Å². The number of carbonyl (C=O) groups excluding carboxylic acids is 9. The number of rotatable bonds is 19. The van der Waals surface area contributed by atoms with Crippen molar-refractivity contribution in [1.82, 2.24) is 4.90 Å². The highest BCUT2D eigenvalue weighted by Crippen LogP contribution is 2.40. The number of carbonyl (C=O) groups is 9. The third-order valence-corrected chi connectivity index (χ3v) is 16.4. The number of hydrogen-bond donors (Lipinski definition) is 2. The van der Waals surface area contributed by atoms with Gasteiger partial charge >= 0.3 is 36.0 Å². The Morgan fingerprint density at radius 1 is 0.802 bits per heavy atom. The van der Waals surface area contributed by atoms with E-state index < -0.39 is 139 Å². The number of Topliss-reactive ketones (excluding diaryl/α,β-unsaturated/α-hetero) is 2. The Hall–Kier alpha value is -6.37. The van der Waals surface area contributed by atoms with Crippen molar-refractivity contribution >= 4 is 53.5 Å². The number of cyclic esters (lactones) is 1. The molecule has 86 heavy (non-hydrogen) atoms. The number of allylic oxidation sites excluding steroid dienone is 4. The molecule has 23 nitrogen and oxygen atoms in total. The molecule has 3 aliphatic heterocycles. The van der Waals surface area contributed by atoms with Crippen molar-refractivity contribution in [3.05, 3.63) is 65.8 Å². The molecule has 1 saturated carbocycles. The van der Waals surface area contributed by atoms with E-state index in [1.807, 2.05) is 26.0 Å². The number of ketones is 2. The van der Waals surface area contributed by atoms with Crippen molar-refractivity contribution in [3.63, 3.8) is 0 Å². The molecule has 14 atom stereocenters. The Bertz CT molecular complexity index is 2560. The number of amides is 1. The van der Waals surface area contributed by atoms with Crippen LogP contribution in [0.4, 0.5) is 4.79 Å². The van der Waals surface area contributed by atoms with Crippen LogP contribution in [0.15, 0.2) is 60.2 Å². The zero-order chi connectivity index (χ0) is 63.4. The summed E-state index contributed by atoms with van der Waals surface area (Å²) in [6.07, 6.45) is -0.481. The van der Waals surface area contributed by atoms with Gasteiger partial charge in [-0.15, -0.1) is 6.58 Å². The first-order valence-corrected chi connectivity index (χ1v) is 29.6. The van der Waals surface area contributed by atoms with E-state index >= 15 is 0 Å². The summed E-state index contributed by atoms with van der Waals surface area (Å²) >= 11 is 0. The van der Waals surface area contributed by atoms with E-state index in [9.17, 15) is 53.4 Å². The largest absolute Gasteiger partial charge is 0.508 e. The first-order chi connectivity index (χ1) is 40.8. The predicted octanol–water partition coefficient (Wildman–Crippen LogP) is 6.72. The lowest BCUT2D eigenvalue weighted by atomic mass is 9.81. The van der Waals surface area contributed by atoms with E-state index in [0.717, 1.165) is 24.3 Å². The van der Waals surface area contributed by atoms with Crippen LogP contribution in [0, 0.1) is 29.6 Å². The number of piperidine rings is 1. The topological polar surface area (TPSA) is 299 Å². The number of benzene rings is 1. The number of methoxy groups -OCH3 is 3. The van der Waals surface area contributed by atoms with E-state index in [1.165, 1.54) is 45.6 Å². The number of esters is 5. The first-order valence-electron chi connectivity index (χ1n) is 29.6. The maximum absolute atomic E-state index is 14.9. The van der Waals surface area contributed by atoms with Gasteiger partial charge in [0.25, 0.3) is 11.7 Å². The Kier molecular flexibility index (Phi) is 27.6. The lowest BCUT2D eigenvalue weighted by Crippen LogP contribution is -2.64. The van der Waals surface area contributed by atoms with Crippen LogP contribution in [0.2, 0.25) is 0 Å². The molecule has 0 radical (unpaired) electrons. The van der Waals surface area contributed by atoms with Crippen LogP contribution in [-0.4, -0.2) is 170 Å². The van der Waals surface area contributed by atoms with Gasteiger partial charge in [0.15, 0.2) is 6.10 Å². The summed E-state index contributed by atoms with van der Waals surface area (Å²) < 4.78 is 62.3. The van der Waals surface area contributed by atoms with E-state index in [4.69, 9.17) is 52.1 Å². The third kappa shape index (κ3) is 20.4. The molecule has 4 aliphatic rings. The van der Waals surface area contributed by atoms with Gasteiger partial charge in [-0.2, -0.15) is 0 Å². The molecule has 5 rings (SSSR count). The molecule has 23 heteroatoms. The van der Waals surface area contributed by atoms with Crippen molar-refractivity contribution in [2.75, 3.05) is 41.1 Å². The third-order valence-electron chi connectivity index (χ3n) is 16.4. The quantitative estimate of drug-likeness (QED) is 0.0477. The second-order valence-electron chi connectivity index (χ2n) is 23.2. The first kappa shape index (κ1) is 70.4. The fourth-order valence-electron chi connectivity index (χ4n) is 11.7. The highest BCUT2D eigenvalue weighted by Gasteiger charge is 2.57.